The molecule has 0 saturated carbocycles. The van der Waals surface area contributed by atoms with Gasteiger partial charge in [-0.1, -0.05) is 33.3 Å². The predicted octanol–water partition coefficient (Wildman–Crippen LogP) is 2.23. The van der Waals surface area contributed by atoms with Crippen molar-refractivity contribution in [3.05, 3.63) is 34.9 Å². The fourth-order valence-corrected chi connectivity index (χ4v) is 2.42. The van der Waals surface area contributed by atoms with Crippen LogP contribution in [-0.2, 0) is 6.54 Å². The first-order chi connectivity index (χ1) is 9.33. The molecule has 1 atom stereocenters. The molecule has 0 amide bonds. The van der Waals surface area contributed by atoms with Gasteiger partial charge in [0.05, 0.1) is 24.4 Å². The minimum Gasteiger partial charge on any atom is -0.391 e. The second-order valence-corrected chi connectivity index (χ2v) is 6.42. The van der Waals surface area contributed by atoms with E-state index in [1.165, 1.54) is 0 Å². The average molecular weight is 340 g/mol. The van der Waals surface area contributed by atoms with Crippen LogP contribution in [0, 0.1) is 0 Å². The maximum Gasteiger partial charge on any atom is 0.113 e. The molecule has 0 aliphatic rings. The van der Waals surface area contributed by atoms with Crippen molar-refractivity contribution in [2.75, 3.05) is 0 Å². The van der Waals surface area contributed by atoms with E-state index in [9.17, 15) is 10.2 Å². The van der Waals surface area contributed by atoms with E-state index in [2.05, 4.69) is 26.2 Å². The predicted molar refractivity (Wildman–Crippen MR) is 80.1 cm³/mol. The molecule has 1 heterocycles. The highest BCUT2D eigenvalue weighted by molar-refractivity contribution is 9.10. The molecule has 0 aliphatic carbocycles. The van der Waals surface area contributed by atoms with E-state index in [1.807, 2.05) is 24.3 Å². The van der Waals surface area contributed by atoms with Crippen molar-refractivity contribution in [1.29, 1.82) is 0 Å². The molecular formula is C14H18BrN3O2. The zero-order valence-corrected chi connectivity index (χ0v) is 13.1. The lowest BCUT2D eigenvalue weighted by atomic mass is 10.0. The highest BCUT2D eigenvalue weighted by Gasteiger charge is 2.19. The van der Waals surface area contributed by atoms with Crippen molar-refractivity contribution >= 4 is 15.9 Å². The number of aromatic nitrogens is 3. The molecule has 108 valence electrons. The number of nitrogens with zero attached hydrogens (tertiary/aromatic N) is 3. The Morgan fingerprint density at radius 1 is 1.40 bits per heavy atom. The average Bonchev–Trinajstić information content (AvgIpc) is 2.74. The summed E-state index contributed by atoms with van der Waals surface area (Å²) in [5.41, 5.74) is 0.817. The first-order valence-corrected chi connectivity index (χ1v) is 7.19. The lowest BCUT2D eigenvalue weighted by Crippen LogP contribution is -2.29. The molecule has 6 heteroatoms. The third-order valence-corrected chi connectivity index (χ3v) is 3.29. The third-order valence-electron chi connectivity index (χ3n) is 2.79. The second-order valence-electron chi connectivity index (χ2n) is 5.51. The number of hydrogen-bond acceptors (Lipinski definition) is 4. The van der Waals surface area contributed by atoms with Gasteiger partial charge in [-0.2, -0.15) is 0 Å². The highest BCUT2D eigenvalue weighted by Crippen LogP contribution is 2.21. The zero-order chi connectivity index (χ0) is 14.8. The maximum atomic E-state index is 9.91. The molecule has 20 heavy (non-hydrogen) atoms. The van der Waals surface area contributed by atoms with Crippen LogP contribution in [0.3, 0.4) is 0 Å². The molecule has 1 aromatic carbocycles. The molecule has 1 aromatic heterocycles. The van der Waals surface area contributed by atoms with Crippen LogP contribution in [0.15, 0.2) is 34.9 Å². The van der Waals surface area contributed by atoms with Gasteiger partial charge in [-0.05, 0) is 26.0 Å². The van der Waals surface area contributed by atoms with E-state index in [0.717, 1.165) is 15.7 Å². The van der Waals surface area contributed by atoms with Crippen molar-refractivity contribution in [3.63, 3.8) is 0 Å². The Labute approximate surface area is 126 Å². The highest BCUT2D eigenvalue weighted by atomic mass is 79.9. The van der Waals surface area contributed by atoms with Gasteiger partial charge in [0.2, 0.25) is 0 Å². The Bertz CT molecular complexity index is 578. The fraction of sp³-hybridized carbons (Fsp3) is 0.429. The van der Waals surface area contributed by atoms with Crippen LogP contribution in [0.5, 0.6) is 0 Å². The van der Waals surface area contributed by atoms with Gasteiger partial charge in [-0.3, -0.25) is 0 Å². The molecule has 0 fully saturated rings. The van der Waals surface area contributed by atoms with Crippen LogP contribution >= 0.6 is 15.9 Å². The van der Waals surface area contributed by atoms with Gasteiger partial charge < -0.3 is 10.2 Å². The molecule has 0 bridgehead atoms. The first-order valence-electron chi connectivity index (χ1n) is 6.40. The van der Waals surface area contributed by atoms with Gasteiger partial charge in [0.25, 0.3) is 0 Å². The van der Waals surface area contributed by atoms with Crippen LogP contribution in [0.4, 0.5) is 0 Å². The second kappa shape index (κ2) is 6.03. The van der Waals surface area contributed by atoms with Crippen LogP contribution in [0.2, 0.25) is 0 Å². The number of rotatable bonds is 5. The van der Waals surface area contributed by atoms with Gasteiger partial charge in [0.15, 0.2) is 0 Å². The molecule has 5 nitrogen and oxygen atoms in total. The van der Waals surface area contributed by atoms with E-state index in [4.69, 9.17) is 0 Å². The normalized spacial score (nSPS) is 13.4. The summed E-state index contributed by atoms with van der Waals surface area (Å²) in [6, 6.07) is 7.79. The monoisotopic (exact) mass is 339 g/mol. The van der Waals surface area contributed by atoms with Crippen molar-refractivity contribution in [2.45, 2.75) is 38.5 Å². The Morgan fingerprint density at radius 2 is 2.15 bits per heavy atom. The number of benzene rings is 1. The van der Waals surface area contributed by atoms with Gasteiger partial charge in [-0.25, -0.2) is 4.68 Å². The van der Waals surface area contributed by atoms with E-state index in [0.29, 0.717) is 13.0 Å². The SMILES string of the molecule is CC(C)(O)CC(O)Cn1cc(-c2cccc(Br)c2)nn1. The van der Waals surface area contributed by atoms with Gasteiger partial charge in [0.1, 0.15) is 5.69 Å². The summed E-state index contributed by atoms with van der Waals surface area (Å²) in [5.74, 6) is 0. The molecule has 0 radical (unpaired) electrons. The van der Waals surface area contributed by atoms with Crippen molar-refractivity contribution in [2.24, 2.45) is 0 Å². The van der Waals surface area contributed by atoms with Crippen molar-refractivity contribution in [3.8, 4) is 11.3 Å². The molecule has 2 rings (SSSR count). The van der Waals surface area contributed by atoms with Crippen LogP contribution in [0.25, 0.3) is 11.3 Å². The Kier molecular flexibility index (Phi) is 4.57. The minimum atomic E-state index is -0.896. The summed E-state index contributed by atoms with van der Waals surface area (Å²) in [4.78, 5) is 0. The molecule has 0 aliphatic heterocycles. The maximum absolute atomic E-state index is 9.91. The van der Waals surface area contributed by atoms with Crippen molar-refractivity contribution < 1.29 is 10.2 Å². The summed E-state index contributed by atoms with van der Waals surface area (Å²) in [6.45, 7) is 3.65. The summed E-state index contributed by atoms with van der Waals surface area (Å²) >= 11 is 3.42. The van der Waals surface area contributed by atoms with E-state index in [1.54, 1.807) is 24.7 Å². The van der Waals surface area contributed by atoms with Crippen molar-refractivity contribution in [1.82, 2.24) is 15.0 Å². The standard InChI is InChI=1S/C14H18BrN3O2/c1-14(2,20)7-12(19)8-18-9-13(16-17-18)10-4-3-5-11(15)6-10/h3-6,9,12,19-20H,7-8H2,1-2H3. The van der Waals surface area contributed by atoms with E-state index < -0.39 is 11.7 Å². The Morgan fingerprint density at radius 3 is 2.80 bits per heavy atom. The third kappa shape index (κ3) is 4.40. The van der Waals surface area contributed by atoms with E-state index in [-0.39, 0.29) is 0 Å². The Hall–Kier alpha value is -1.24. The summed E-state index contributed by atoms with van der Waals surface area (Å²) in [5, 5.41) is 27.7. The summed E-state index contributed by atoms with van der Waals surface area (Å²) < 4.78 is 2.57. The van der Waals surface area contributed by atoms with E-state index >= 15 is 0 Å². The summed E-state index contributed by atoms with van der Waals surface area (Å²) in [6.07, 6.45) is 1.42. The van der Waals surface area contributed by atoms with Gasteiger partial charge in [-0.15, -0.1) is 5.10 Å². The lowest BCUT2D eigenvalue weighted by Gasteiger charge is -2.20. The molecule has 2 aromatic rings. The van der Waals surface area contributed by atoms with Crippen LogP contribution < -0.4 is 0 Å². The quantitative estimate of drug-likeness (QED) is 0.876. The van der Waals surface area contributed by atoms with Crippen LogP contribution in [-0.4, -0.2) is 36.9 Å². The topological polar surface area (TPSA) is 71.2 Å². The lowest BCUT2D eigenvalue weighted by molar-refractivity contribution is 0.0116. The molecule has 2 N–H and O–H groups in total. The van der Waals surface area contributed by atoms with Crippen LogP contribution in [0.1, 0.15) is 20.3 Å². The van der Waals surface area contributed by atoms with Gasteiger partial charge in [0, 0.05) is 16.5 Å². The largest absolute Gasteiger partial charge is 0.391 e. The molecule has 1 unspecified atom stereocenters. The molecular weight excluding hydrogens is 322 g/mol. The minimum absolute atomic E-state index is 0.291. The smallest absolute Gasteiger partial charge is 0.113 e. The number of aliphatic hydroxyl groups excluding tert-OH is 1. The molecule has 0 spiro atoms. The number of aliphatic hydroxyl groups is 2. The molecule has 0 saturated heterocycles. The number of hydrogen-bond donors (Lipinski definition) is 2. The zero-order valence-electron chi connectivity index (χ0n) is 11.5. The first kappa shape index (κ1) is 15.2. The Balaban J connectivity index is 2.06. The number of halogens is 1. The summed E-state index contributed by atoms with van der Waals surface area (Å²) in [7, 11) is 0. The fourth-order valence-electron chi connectivity index (χ4n) is 2.02. The van der Waals surface area contributed by atoms with Gasteiger partial charge >= 0.3 is 0 Å².